The standard InChI is InChI=1S/C28H28N4O3/c1-34-24-8-4-7-23(16-24)31-27-25(9-5-11-29-27)28(33)32-12-13-35-19-21(18-32)14-20-15-22-6-2-3-10-26(22)30-17-20/h2-11,15-17,21H,12-14,18-19H2,1H3,(H,29,31). The van der Waals surface area contributed by atoms with Gasteiger partial charge in [-0.15, -0.1) is 0 Å². The van der Waals surface area contributed by atoms with E-state index < -0.39 is 0 Å². The van der Waals surface area contributed by atoms with Gasteiger partial charge < -0.3 is 19.7 Å². The number of para-hydroxylation sites is 1. The summed E-state index contributed by atoms with van der Waals surface area (Å²) in [6.45, 7) is 2.27. The van der Waals surface area contributed by atoms with Gasteiger partial charge in [-0.2, -0.15) is 0 Å². The number of nitrogens with one attached hydrogen (secondary N) is 1. The van der Waals surface area contributed by atoms with E-state index in [1.54, 1.807) is 19.4 Å². The Balaban J connectivity index is 1.33. The molecule has 35 heavy (non-hydrogen) atoms. The Kier molecular flexibility index (Phi) is 6.86. The fraction of sp³-hybridized carbons (Fsp3) is 0.250. The zero-order valence-electron chi connectivity index (χ0n) is 19.7. The molecule has 1 amide bonds. The molecule has 0 saturated carbocycles. The summed E-state index contributed by atoms with van der Waals surface area (Å²) in [7, 11) is 1.63. The third kappa shape index (κ3) is 5.41. The molecule has 0 aliphatic carbocycles. The number of nitrogens with zero attached hydrogens (tertiary/aromatic N) is 3. The van der Waals surface area contributed by atoms with Crippen LogP contribution in [0.3, 0.4) is 0 Å². The molecule has 2 aromatic heterocycles. The van der Waals surface area contributed by atoms with Crippen LogP contribution in [0.1, 0.15) is 15.9 Å². The molecule has 2 aromatic carbocycles. The van der Waals surface area contributed by atoms with E-state index in [0.29, 0.717) is 37.7 Å². The van der Waals surface area contributed by atoms with Crippen molar-refractivity contribution in [2.24, 2.45) is 5.92 Å². The maximum absolute atomic E-state index is 13.6. The molecule has 7 heteroatoms. The van der Waals surface area contributed by atoms with Crippen molar-refractivity contribution in [1.82, 2.24) is 14.9 Å². The van der Waals surface area contributed by atoms with Crippen LogP contribution in [0, 0.1) is 5.92 Å². The number of benzene rings is 2. The van der Waals surface area contributed by atoms with E-state index in [2.05, 4.69) is 27.4 Å². The van der Waals surface area contributed by atoms with Gasteiger partial charge in [0.25, 0.3) is 5.91 Å². The van der Waals surface area contributed by atoms with Crippen LogP contribution in [0.15, 0.2) is 79.1 Å². The molecule has 3 heterocycles. The van der Waals surface area contributed by atoms with Crippen molar-refractivity contribution in [1.29, 1.82) is 0 Å². The lowest BCUT2D eigenvalue weighted by molar-refractivity contribution is 0.0738. The Bertz CT molecular complexity index is 1330. The van der Waals surface area contributed by atoms with Crippen molar-refractivity contribution >= 4 is 28.3 Å². The molecule has 0 spiro atoms. The number of amides is 1. The van der Waals surface area contributed by atoms with Gasteiger partial charge in [0.2, 0.25) is 0 Å². The maximum Gasteiger partial charge on any atom is 0.257 e. The molecule has 1 saturated heterocycles. The number of carbonyl (C=O) groups excluding carboxylic acids is 1. The Morgan fingerprint density at radius 1 is 1.11 bits per heavy atom. The summed E-state index contributed by atoms with van der Waals surface area (Å²) in [5.74, 6) is 1.37. The van der Waals surface area contributed by atoms with Crippen LogP contribution >= 0.6 is 0 Å². The van der Waals surface area contributed by atoms with Gasteiger partial charge >= 0.3 is 0 Å². The van der Waals surface area contributed by atoms with Crippen LogP contribution in [0.5, 0.6) is 5.75 Å². The summed E-state index contributed by atoms with van der Waals surface area (Å²) < 4.78 is 11.2. The highest BCUT2D eigenvalue weighted by molar-refractivity contribution is 5.99. The summed E-state index contributed by atoms with van der Waals surface area (Å²) in [6.07, 6.45) is 4.40. The SMILES string of the molecule is COc1cccc(Nc2ncccc2C(=O)N2CCOCC(Cc3cnc4ccccc4c3)C2)c1. The number of carbonyl (C=O) groups is 1. The first kappa shape index (κ1) is 22.8. The van der Waals surface area contributed by atoms with Gasteiger partial charge in [-0.25, -0.2) is 4.98 Å². The number of fused-ring (bicyclic) bond motifs is 1. The highest BCUT2D eigenvalue weighted by Crippen LogP contribution is 2.24. The zero-order valence-corrected chi connectivity index (χ0v) is 19.7. The number of hydrogen-bond donors (Lipinski definition) is 1. The van der Waals surface area contributed by atoms with Gasteiger partial charge in [0, 0.05) is 48.5 Å². The smallest absolute Gasteiger partial charge is 0.257 e. The molecule has 0 radical (unpaired) electrons. The third-order valence-corrected chi connectivity index (χ3v) is 6.17. The predicted octanol–water partition coefficient (Wildman–Crippen LogP) is 4.71. The molecule has 1 N–H and O–H groups in total. The summed E-state index contributed by atoms with van der Waals surface area (Å²) in [4.78, 5) is 24.5. The highest BCUT2D eigenvalue weighted by Gasteiger charge is 2.26. The molecule has 4 aromatic rings. The minimum atomic E-state index is -0.0596. The number of anilines is 2. The topological polar surface area (TPSA) is 76.6 Å². The number of hydrogen-bond acceptors (Lipinski definition) is 6. The van der Waals surface area contributed by atoms with E-state index >= 15 is 0 Å². The normalized spacial score (nSPS) is 16.0. The van der Waals surface area contributed by atoms with Crippen LogP contribution in [-0.4, -0.2) is 54.2 Å². The van der Waals surface area contributed by atoms with Crippen molar-refractivity contribution in [3.05, 3.63) is 90.3 Å². The number of rotatable bonds is 6. The molecule has 1 aliphatic heterocycles. The first-order valence-corrected chi connectivity index (χ1v) is 11.8. The largest absolute Gasteiger partial charge is 0.497 e. The van der Waals surface area contributed by atoms with Gasteiger partial charge in [-0.3, -0.25) is 9.78 Å². The van der Waals surface area contributed by atoms with E-state index in [9.17, 15) is 4.79 Å². The lowest BCUT2D eigenvalue weighted by atomic mass is 9.99. The summed E-state index contributed by atoms with van der Waals surface area (Å²) in [5.41, 5.74) is 3.47. The first-order chi connectivity index (χ1) is 17.2. The predicted molar refractivity (Wildman–Crippen MR) is 136 cm³/mol. The average Bonchev–Trinajstić information content (AvgIpc) is 3.14. The molecular weight excluding hydrogens is 440 g/mol. The Morgan fingerprint density at radius 2 is 2.03 bits per heavy atom. The zero-order chi connectivity index (χ0) is 24.0. The molecule has 178 valence electrons. The fourth-order valence-corrected chi connectivity index (χ4v) is 4.44. The van der Waals surface area contributed by atoms with Crippen molar-refractivity contribution < 1.29 is 14.3 Å². The lowest BCUT2D eigenvalue weighted by Gasteiger charge is -2.24. The molecular formula is C28H28N4O3. The van der Waals surface area contributed by atoms with Crippen LogP contribution in [0.2, 0.25) is 0 Å². The lowest BCUT2D eigenvalue weighted by Crippen LogP contribution is -2.36. The number of aromatic nitrogens is 2. The maximum atomic E-state index is 13.6. The van der Waals surface area contributed by atoms with Crippen molar-refractivity contribution in [3.63, 3.8) is 0 Å². The number of pyridine rings is 2. The first-order valence-electron chi connectivity index (χ1n) is 11.8. The second-order valence-corrected chi connectivity index (χ2v) is 8.69. The second-order valence-electron chi connectivity index (χ2n) is 8.69. The van der Waals surface area contributed by atoms with Crippen LogP contribution in [0.25, 0.3) is 10.9 Å². The Morgan fingerprint density at radius 3 is 2.94 bits per heavy atom. The molecule has 1 atom stereocenters. The average molecular weight is 469 g/mol. The van der Waals surface area contributed by atoms with E-state index in [4.69, 9.17) is 9.47 Å². The molecule has 0 bridgehead atoms. The van der Waals surface area contributed by atoms with Gasteiger partial charge in [0.05, 0.1) is 31.4 Å². The molecule has 1 unspecified atom stereocenters. The monoisotopic (exact) mass is 468 g/mol. The Hall–Kier alpha value is -3.97. The van der Waals surface area contributed by atoms with Crippen molar-refractivity contribution in [2.45, 2.75) is 6.42 Å². The molecule has 1 aliphatic rings. The Labute approximate surface area is 204 Å². The van der Waals surface area contributed by atoms with E-state index in [-0.39, 0.29) is 11.8 Å². The van der Waals surface area contributed by atoms with Crippen LogP contribution in [-0.2, 0) is 11.2 Å². The number of methoxy groups -OCH3 is 1. The second kappa shape index (κ2) is 10.5. The minimum Gasteiger partial charge on any atom is -0.497 e. The highest BCUT2D eigenvalue weighted by atomic mass is 16.5. The molecule has 5 rings (SSSR count). The minimum absolute atomic E-state index is 0.0596. The van der Waals surface area contributed by atoms with Gasteiger partial charge in [0.15, 0.2) is 0 Å². The molecule has 1 fully saturated rings. The quantitative estimate of drug-likeness (QED) is 0.442. The van der Waals surface area contributed by atoms with E-state index in [1.165, 1.54) is 0 Å². The summed E-state index contributed by atoms with van der Waals surface area (Å²) in [6, 6.07) is 21.4. The summed E-state index contributed by atoms with van der Waals surface area (Å²) >= 11 is 0. The van der Waals surface area contributed by atoms with Crippen LogP contribution < -0.4 is 10.1 Å². The molecule has 7 nitrogen and oxygen atoms in total. The van der Waals surface area contributed by atoms with Gasteiger partial charge in [0.1, 0.15) is 11.6 Å². The van der Waals surface area contributed by atoms with Gasteiger partial charge in [-0.1, -0.05) is 24.3 Å². The third-order valence-electron chi connectivity index (χ3n) is 6.17. The van der Waals surface area contributed by atoms with Crippen molar-refractivity contribution in [3.8, 4) is 5.75 Å². The summed E-state index contributed by atoms with van der Waals surface area (Å²) in [5, 5.41) is 4.39. The van der Waals surface area contributed by atoms with Crippen LogP contribution in [0.4, 0.5) is 11.5 Å². The fourth-order valence-electron chi connectivity index (χ4n) is 4.44. The van der Waals surface area contributed by atoms with E-state index in [1.807, 2.05) is 59.6 Å². The van der Waals surface area contributed by atoms with E-state index in [0.717, 1.165) is 34.3 Å². The van der Waals surface area contributed by atoms with Crippen molar-refractivity contribution in [2.75, 3.05) is 38.7 Å². The van der Waals surface area contributed by atoms with Gasteiger partial charge in [-0.05, 0) is 48.4 Å². The number of ether oxygens (including phenoxy) is 2.